The molecule has 2 aromatic rings. The molecule has 0 aromatic heterocycles. The van der Waals surface area contributed by atoms with E-state index < -0.39 is 34.5 Å². The largest absolute Gasteiger partial charge is 0.444 e. The fourth-order valence-corrected chi connectivity index (χ4v) is 7.72. The molecule has 0 saturated carbocycles. The Morgan fingerprint density at radius 1 is 0.644 bits per heavy atom. The van der Waals surface area contributed by atoms with Crippen LogP contribution in [0.1, 0.15) is 93.9 Å². The van der Waals surface area contributed by atoms with Gasteiger partial charge in [0, 0.05) is 107 Å². The van der Waals surface area contributed by atoms with Crippen LogP contribution in [0.5, 0.6) is 0 Å². The van der Waals surface area contributed by atoms with Crippen molar-refractivity contribution in [1.82, 2.24) is 19.6 Å². The van der Waals surface area contributed by atoms with Gasteiger partial charge in [0.2, 0.25) is 0 Å². The van der Waals surface area contributed by atoms with E-state index in [1.807, 2.05) is 41.5 Å². The molecule has 0 aliphatic carbocycles. The number of hydrogen-bond donors (Lipinski definition) is 4. The summed E-state index contributed by atoms with van der Waals surface area (Å²) in [5, 5.41) is 3.25. The number of carbonyl (C=O) groups excluding carboxylic acids is 3. The van der Waals surface area contributed by atoms with Crippen LogP contribution >= 0.6 is 0 Å². The van der Waals surface area contributed by atoms with E-state index >= 15 is 0 Å². The van der Waals surface area contributed by atoms with E-state index in [4.69, 9.17) is 26.7 Å². The number of anilines is 4. The first-order valence-corrected chi connectivity index (χ1v) is 20.3. The summed E-state index contributed by atoms with van der Waals surface area (Å²) in [6, 6.07) is 3.98. The van der Waals surface area contributed by atoms with Gasteiger partial charge in [0.1, 0.15) is 17.0 Å². The maximum atomic E-state index is 13.5. The Kier molecular flexibility index (Phi) is 15.0. The molecule has 4 aliphatic rings. The normalized spacial score (nSPS) is 23.2. The Bertz CT molecular complexity index is 1760. The highest BCUT2D eigenvalue weighted by Crippen LogP contribution is 2.33. The van der Waals surface area contributed by atoms with Gasteiger partial charge in [-0.25, -0.2) is 27.2 Å². The summed E-state index contributed by atoms with van der Waals surface area (Å²) in [6.45, 7) is 21.8. The van der Waals surface area contributed by atoms with Crippen LogP contribution in [0.25, 0.3) is 0 Å². The van der Waals surface area contributed by atoms with Crippen molar-refractivity contribution in [1.29, 1.82) is 0 Å². The quantitative estimate of drug-likeness (QED) is 0.185. The van der Waals surface area contributed by atoms with Crippen molar-refractivity contribution in [3.63, 3.8) is 0 Å². The van der Waals surface area contributed by atoms with Crippen LogP contribution in [-0.4, -0.2) is 118 Å². The highest BCUT2D eigenvalue weighted by Gasteiger charge is 2.44. The third-order valence-electron chi connectivity index (χ3n) is 11.1. The van der Waals surface area contributed by atoms with Crippen LogP contribution in [0, 0.1) is 23.3 Å². The number of carbonyl (C=O) groups is 3. The van der Waals surface area contributed by atoms with E-state index in [1.165, 1.54) is 0 Å². The molecule has 0 bridgehead atoms. The zero-order valence-corrected chi connectivity index (χ0v) is 35.9. The highest BCUT2D eigenvalue weighted by molar-refractivity contribution is 5.79. The third-order valence-corrected chi connectivity index (χ3v) is 11.1. The number of nitrogen functional groups attached to an aromatic ring is 3. The molecule has 13 nitrogen and oxygen atoms in total. The molecule has 7 N–H and O–H groups in total. The van der Waals surface area contributed by atoms with Crippen molar-refractivity contribution in [3.8, 4) is 0 Å². The van der Waals surface area contributed by atoms with Crippen molar-refractivity contribution in [2.24, 2.45) is 0 Å². The summed E-state index contributed by atoms with van der Waals surface area (Å²) in [7, 11) is 0. The van der Waals surface area contributed by atoms with Gasteiger partial charge in [-0.2, -0.15) is 0 Å². The molecule has 4 saturated heterocycles. The van der Waals surface area contributed by atoms with Gasteiger partial charge in [0.05, 0.1) is 22.7 Å². The summed E-state index contributed by atoms with van der Waals surface area (Å²) < 4.78 is 62.2. The minimum absolute atomic E-state index is 0.0163. The lowest BCUT2D eigenvalue weighted by atomic mass is 9.94. The molecule has 0 spiro atoms. The molecular weight excluding hydrogens is 773 g/mol. The lowest BCUT2D eigenvalue weighted by Gasteiger charge is -2.43. The van der Waals surface area contributed by atoms with Crippen molar-refractivity contribution in [2.45, 2.75) is 122 Å². The first kappa shape index (κ1) is 47.2. The molecule has 59 heavy (non-hydrogen) atoms. The second-order valence-corrected chi connectivity index (χ2v) is 18.5. The van der Waals surface area contributed by atoms with Crippen molar-refractivity contribution < 1.29 is 41.4 Å². The molecular formula is C42H64F4N8O5. The number of Topliss-reactive ketones (excluding diaryl/α,β-unsaturated/α-hetero) is 1. The van der Waals surface area contributed by atoms with Gasteiger partial charge in [-0.1, -0.05) is 0 Å². The smallest absolute Gasteiger partial charge is 0.410 e. The van der Waals surface area contributed by atoms with Gasteiger partial charge in [-0.05, 0) is 81.1 Å². The summed E-state index contributed by atoms with van der Waals surface area (Å²) in [6.07, 6.45) is 4.37. The number of rotatable bonds is 4. The number of nitrogens with two attached hydrogens (primary N) is 3. The maximum Gasteiger partial charge on any atom is 0.410 e. The van der Waals surface area contributed by atoms with Gasteiger partial charge in [-0.15, -0.1) is 0 Å². The first-order chi connectivity index (χ1) is 27.3. The average molecular weight is 837 g/mol. The van der Waals surface area contributed by atoms with Crippen LogP contribution in [0.2, 0.25) is 0 Å². The number of likely N-dealkylation sites (tertiary alicyclic amines) is 4. The molecule has 17 heteroatoms. The Labute approximate surface area is 345 Å². The van der Waals surface area contributed by atoms with Crippen LogP contribution in [-0.2, 0) is 14.3 Å². The fourth-order valence-electron chi connectivity index (χ4n) is 7.72. The number of nitrogens with zero attached hydrogens (tertiary/aromatic N) is 4. The summed E-state index contributed by atoms with van der Waals surface area (Å²) in [4.78, 5) is 44.2. The first-order valence-electron chi connectivity index (χ1n) is 20.3. The Morgan fingerprint density at radius 3 is 1.42 bits per heavy atom. The SMILES string of the molecule is CC(C)(C)OC(=O)N1CCC(C)(N2CCC(=O)CC2)C1.CC(C)(C)OC(=O)N1CCC(C)(N2CCC(Nc3cc(F)c(F)cc3N)CC2)C1.Nc1cc(F)c(F)cc1N. The van der Waals surface area contributed by atoms with Gasteiger partial charge >= 0.3 is 12.2 Å². The third kappa shape index (κ3) is 13.2. The Hall–Kier alpha value is -4.51. The number of ether oxygens (including phenoxy) is 2. The van der Waals surface area contributed by atoms with Gasteiger partial charge in [-0.3, -0.25) is 14.6 Å². The minimum atomic E-state index is -0.980. The van der Waals surface area contributed by atoms with E-state index in [0.29, 0.717) is 43.9 Å². The van der Waals surface area contributed by atoms with E-state index in [2.05, 4.69) is 29.0 Å². The second kappa shape index (κ2) is 18.8. The lowest BCUT2D eigenvalue weighted by Crippen LogP contribution is -2.53. The summed E-state index contributed by atoms with van der Waals surface area (Å²) in [5.74, 6) is -3.45. The molecule has 330 valence electrons. The Balaban J connectivity index is 0.000000220. The standard InChI is InChI=1S/C21H32F2N4O2.C15H26N2O3.C6H6F2N2/c1-20(2,3)29-19(28)26-10-7-21(4,13-26)27-8-5-14(6-9-27)25-18-12-16(23)15(22)11-17(18)24;1-14(2,3)20-13(19)16-10-7-15(4,11-16)17-8-5-12(18)6-9-17;7-3-1-5(9)6(10)2-4(3)8/h11-12,14,25H,5-10,13,24H2,1-4H3;5-11H2,1-4H3;1-2H,9-10H2. The Morgan fingerprint density at radius 2 is 1.02 bits per heavy atom. The number of hydrogen-bond acceptors (Lipinski definition) is 11. The number of halogens is 4. The second-order valence-electron chi connectivity index (χ2n) is 18.5. The van der Waals surface area contributed by atoms with E-state index in [1.54, 1.807) is 9.80 Å². The zero-order valence-electron chi connectivity index (χ0n) is 35.9. The number of amides is 2. The molecule has 6 rings (SSSR count). The zero-order chi connectivity index (χ0) is 44.1. The predicted molar refractivity (Wildman–Crippen MR) is 222 cm³/mol. The molecule has 2 aromatic carbocycles. The topological polar surface area (TPSA) is 173 Å². The number of piperidine rings is 2. The average Bonchev–Trinajstić information content (AvgIpc) is 3.74. The van der Waals surface area contributed by atoms with Gasteiger partial charge < -0.3 is 41.8 Å². The van der Waals surface area contributed by atoms with E-state index in [0.717, 1.165) is 82.7 Å². The number of ketones is 1. The predicted octanol–water partition coefficient (Wildman–Crippen LogP) is 7.00. The molecule has 4 heterocycles. The van der Waals surface area contributed by atoms with Crippen LogP contribution in [0.4, 0.5) is 49.9 Å². The number of benzene rings is 2. The lowest BCUT2D eigenvalue weighted by molar-refractivity contribution is -0.122. The summed E-state index contributed by atoms with van der Waals surface area (Å²) in [5.41, 5.74) is 15.8. The molecule has 2 atom stereocenters. The van der Waals surface area contributed by atoms with Crippen molar-refractivity contribution in [2.75, 3.05) is 74.9 Å². The van der Waals surface area contributed by atoms with Gasteiger partial charge in [0.15, 0.2) is 23.3 Å². The molecule has 4 fully saturated rings. The monoisotopic (exact) mass is 836 g/mol. The van der Waals surface area contributed by atoms with Crippen LogP contribution < -0.4 is 22.5 Å². The van der Waals surface area contributed by atoms with Crippen molar-refractivity contribution >= 4 is 40.7 Å². The fraction of sp³-hybridized carbons (Fsp3) is 0.643. The van der Waals surface area contributed by atoms with Crippen LogP contribution in [0.3, 0.4) is 0 Å². The molecule has 2 unspecified atom stereocenters. The van der Waals surface area contributed by atoms with E-state index in [9.17, 15) is 31.9 Å². The van der Waals surface area contributed by atoms with Gasteiger partial charge in [0.25, 0.3) is 0 Å². The molecule has 0 radical (unpaired) electrons. The van der Waals surface area contributed by atoms with E-state index in [-0.39, 0.29) is 46.4 Å². The molecule has 4 aliphatic heterocycles. The highest BCUT2D eigenvalue weighted by atomic mass is 19.2. The van der Waals surface area contributed by atoms with Crippen LogP contribution in [0.15, 0.2) is 24.3 Å². The maximum absolute atomic E-state index is 13.5. The number of nitrogens with one attached hydrogen (secondary N) is 1. The van der Waals surface area contributed by atoms with Crippen molar-refractivity contribution in [3.05, 3.63) is 47.5 Å². The minimum Gasteiger partial charge on any atom is -0.444 e. The summed E-state index contributed by atoms with van der Waals surface area (Å²) >= 11 is 0. The molecule has 2 amide bonds.